The standard InChI is InChI=1S/C21H20N8O4S8/c30-13-20(14-31,15(32)34-35-16-22-5-1-6-23-16)21(39-36-17-24-7-2-8-25-17,40-37-18-26-9-3-10-27-18)33-41-38-19-28-11-4-12-29-19/h1-12,15,30-32H,13-14H2. The largest absolute Gasteiger partial charge is 0.395 e. The molecule has 12 nitrogen and oxygen atoms in total. The van der Waals surface area contributed by atoms with Crippen molar-refractivity contribution in [2.24, 2.45) is 5.41 Å². The summed E-state index contributed by atoms with van der Waals surface area (Å²) in [5.74, 6) is 0. The van der Waals surface area contributed by atoms with Gasteiger partial charge in [-0.2, -0.15) is 0 Å². The van der Waals surface area contributed by atoms with Gasteiger partial charge in [-0.25, -0.2) is 39.9 Å². The average molecular weight is 705 g/mol. The van der Waals surface area contributed by atoms with Gasteiger partial charge in [0.1, 0.15) is 10.9 Å². The highest BCUT2D eigenvalue weighted by Crippen LogP contribution is 2.65. The normalized spacial score (nSPS) is 12.8. The van der Waals surface area contributed by atoms with Crippen LogP contribution in [0.4, 0.5) is 0 Å². The molecule has 0 aliphatic carbocycles. The van der Waals surface area contributed by atoms with E-state index < -0.39 is 28.3 Å². The summed E-state index contributed by atoms with van der Waals surface area (Å²) in [5, 5.41) is 35.0. The van der Waals surface area contributed by atoms with Crippen LogP contribution in [0, 0.1) is 5.41 Å². The van der Waals surface area contributed by atoms with Gasteiger partial charge in [0.15, 0.2) is 20.6 Å². The zero-order chi connectivity index (χ0) is 28.8. The number of hydrogen-bond donors (Lipinski definition) is 3. The van der Waals surface area contributed by atoms with E-state index in [-0.39, 0.29) is 0 Å². The van der Waals surface area contributed by atoms with Gasteiger partial charge in [0.2, 0.25) is 4.27 Å². The van der Waals surface area contributed by atoms with Crippen LogP contribution >= 0.6 is 86.6 Å². The highest BCUT2D eigenvalue weighted by molar-refractivity contribution is 8.86. The van der Waals surface area contributed by atoms with Crippen molar-refractivity contribution in [1.29, 1.82) is 0 Å². The van der Waals surface area contributed by atoms with Crippen LogP contribution in [-0.2, 0) is 4.18 Å². The third-order valence-corrected chi connectivity index (χ3v) is 15.2. The molecule has 20 heteroatoms. The smallest absolute Gasteiger partial charge is 0.208 e. The number of nitrogens with zero attached hydrogens (tertiary/aromatic N) is 8. The van der Waals surface area contributed by atoms with E-state index in [1.807, 2.05) is 0 Å². The van der Waals surface area contributed by atoms with E-state index >= 15 is 0 Å². The molecule has 3 N–H and O–H groups in total. The molecule has 0 bridgehead atoms. The molecule has 0 aromatic carbocycles. The minimum Gasteiger partial charge on any atom is -0.395 e. The van der Waals surface area contributed by atoms with Crippen LogP contribution in [0.25, 0.3) is 0 Å². The first-order valence-electron chi connectivity index (χ1n) is 11.2. The van der Waals surface area contributed by atoms with Crippen LogP contribution in [0.1, 0.15) is 0 Å². The van der Waals surface area contributed by atoms with Crippen molar-refractivity contribution in [2.75, 3.05) is 13.2 Å². The van der Waals surface area contributed by atoms with Gasteiger partial charge in [-0.05, 0) is 78.2 Å². The second-order valence-electron chi connectivity index (χ2n) is 7.25. The zero-order valence-electron chi connectivity index (χ0n) is 20.5. The molecule has 0 fully saturated rings. The van der Waals surface area contributed by atoms with Crippen molar-refractivity contribution in [1.82, 2.24) is 39.9 Å². The van der Waals surface area contributed by atoms with E-state index in [1.165, 1.54) is 0 Å². The predicted molar refractivity (Wildman–Crippen MR) is 168 cm³/mol. The van der Waals surface area contributed by atoms with Gasteiger partial charge in [-0.15, -0.1) is 0 Å². The van der Waals surface area contributed by atoms with Gasteiger partial charge in [0.05, 0.1) is 24.3 Å². The molecule has 4 aromatic rings. The molecule has 1 atom stereocenters. The molecule has 0 radical (unpaired) electrons. The second kappa shape index (κ2) is 17.3. The quantitative estimate of drug-likeness (QED) is 0.0592. The SMILES string of the molecule is OCC(CO)(C(O)SSc1ncccn1)C(OSSc1ncccn1)(SSc1ncccn1)SSc1ncccn1. The van der Waals surface area contributed by atoms with Gasteiger partial charge in [0.25, 0.3) is 0 Å². The highest BCUT2D eigenvalue weighted by Gasteiger charge is 2.60. The maximum absolute atomic E-state index is 11.6. The lowest BCUT2D eigenvalue weighted by molar-refractivity contribution is -0.0591. The second-order valence-corrected chi connectivity index (χ2v) is 16.1. The van der Waals surface area contributed by atoms with Gasteiger partial charge in [0, 0.05) is 60.4 Å². The molecule has 0 aliphatic heterocycles. The molecular weight excluding hydrogens is 685 g/mol. The fourth-order valence-corrected chi connectivity index (χ4v) is 13.5. The molecule has 0 aliphatic rings. The highest BCUT2D eigenvalue weighted by atomic mass is 33.1. The summed E-state index contributed by atoms with van der Waals surface area (Å²) in [6.07, 6.45) is 12.8. The Hall–Kier alpha value is -1.04. The van der Waals surface area contributed by atoms with Crippen LogP contribution in [0.15, 0.2) is 94.5 Å². The van der Waals surface area contributed by atoms with Crippen molar-refractivity contribution < 1.29 is 19.5 Å². The summed E-state index contributed by atoms with van der Waals surface area (Å²) >= 11 is 0.941. The Morgan fingerprint density at radius 2 is 0.951 bits per heavy atom. The molecule has 1 unspecified atom stereocenters. The Morgan fingerprint density at radius 3 is 1.34 bits per heavy atom. The van der Waals surface area contributed by atoms with Crippen molar-refractivity contribution >= 4 is 86.6 Å². The maximum atomic E-state index is 11.6. The lowest BCUT2D eigenvalue weighted by Gasteiger charge is -2.46. The molecule has 216 valence electrons. The van der Waals surface area contributed by atoms with E-state index in [0.29, 0.717) is 20.6 Å². The number of aromatic nitrogens is 8. The summed E-state index contributed by atoms with van der Waals surface area (Å²) in [6, 6.07) is 6.76. The average Bonchev–Trinajstić information content (AvgIpc) is 3.04. The fraction of sp³-hybridized carbons (Fsp3) is 0.238. The number of aliphatic hydroxyl groups excluding tert-OH is 3. The first-order chi connectivity index (χ1) is 20.1. The van der Waals surface area contributed by atoms with Crippen LogP contribution in [0.2, 0.25) is 0 Å². The van der Waals surface area contributed by atoms with Crippen LogP contribution in [-0.4, -0.2) is 78.1 Å². The maximum Gasteiger partial charge on any atom is 0.208 e. The Balaban J connectivity index is 1.69. The Labute approximate surface area is 266 Å². The lowest BCUT2D eigenvalue weighted by atomic mass is 9.91. The van der Waals surface area contributed by atoms with Gasteiger partial charge in [-0.1, -0.05) is 10.8 Å². The predicted octanol–water partition coefficient (Wildman–Crippen LogP) is 4.78. The number of aliphatic hydroxyl groups is 3. The van der Waals surface area contributed by atoms with Gasteiger partial charge < -0.3 is 15.3 Å². The van der Waals surface area contributed by atoms with Crippen molar-refractivity contribution in [3.63, 3.8) is 0 Å². The Bertz CT molecular complexity index is 1250. The molecule has 0 saturated heterocycles. The van der Waals surface area contributed by atoms with E-state index in [9.17, 15) is 15.3 Å². The van der Waals surface area contributed by atoms with E-state index in [2.05, 4.69) is 39.9 Å². The molecule has 41 heavy (non-hydrogen) atoms. The zero-order valence-corrected chi connectivity index (χ0v) is 27.0. The van der Waals surface area contributed by atoms with Gasteiger partial charge in [-0.3, -0.25) is 4.18 Å². The van der Waals surface area contributed by atoms with Crippen LogP contribution < -0.4 is 0 Å². The number of hydrogen-bond acceptors (Lipinski definition) is 20. The van der Waals surface area contributed by atoms with Crippen molar-refractivity contribution in [3.05, 3.63) is 73.8 Å². The molecule has 0 spiro atoms. The molecule has 0 saturated carbocycles. The van der Waals surface area contributed by atoms with E-state index in [4.69, 9.17) is 4.18 Å². The molecule has 4 rings (SSSR count). The first-order valence-corrected chi connectivity index (χ1v) is 19.7. The number of rotatable bonds is 17. The van der Waals surface area contributed by atoms with Crippen LogP contribution in [0.3, 0.4) is 0 Å². The van der Waals surface area contributed by atoms with Crippen molar-refractivity contribution in [2.45, 2.75) is 30.3 Å². The molecular formula is C21H20N8O4S8. The molecule has 4 aromatic heterocycles. The monoisotopic (exact) mass is 704 g/mol. The Morgan fingerprint density at radius 1 is 0.585 bits per heavy atom. The molecule has 0 amide bonds. The van der Waals surface area contributed by atoms with E-state index in [0.717, 1.165) is 86.6 Å². The summed E-state index contributed by atoms with van der Waals surface area (Å²) in [4.78, 5) is 33.8. The lowest BCUT2D eigenvalue weighted by Crippen LogP contribution is -2.55. The first kappa shape index (κ1) is 32.9. The van der Waals surface area contributed by atoms with Gasteiger partial charge >= 0.3 is 0 Å². The third kappa shape index (κ3) is 9.22. The minimum atomic E-state index is -1.68. The molecule has 4 heterocycles. The fourth-order valence-electron chi connectivity index (χ4n) is 2.61. The summed E-state index contributed by atoms with van der Waals surface area (Å²) in [7, 11) is 7.82. The summed E-state index contributed by atoms with van der Waals surface area (Å²) in [5.41, 5.74) is -3.05. The minimum absolute atomic E-state index is 0.401. The summed E-state index contributed by atoms with van der Waals surface area (Å²) in [6.45, 7) is -1.32. The topological polar surface area (TPSA) is 173 Å². The van der Waals surface area contributed by atoms with Crippen molar-refractivity contribution in [3.8, 4) is 0 Å². The van der Waals surface area contributed by atoms with E-state index in [1.54, 1.807) is 73.8 Å². The third-order valence-electron chi connectivity index (χ3n) is 4.73. The van der Waals surface area contributed by atoms with Crippen LogP contribution in [0.5, 0.6) is 0 Å². The Kier molecular flexibility index (Phi) is 13.9. The summed E-state index contributed by atoms with van der Waals surface area (Å²) < 4.78 is 4.87.